The van der Waals surface area contributed by atoms with Crippen LogP contribution in [-0.2, 0) is 17.9 Å². The van der Waals surface area contributed by atoms with Crippen LogP contribution in [0.1, 0.15) is 42.1 Å². The van der Waals surface area contributed by atoms with Gasteiger partial charge in [0, 0.05) is 18.8 Å². The Balaban J connectivity index is 1.97. The summed E-state index contributed by atoms with van der Waals surface area (Å²) in [7, 11) is 0. The minimum atomic E-state index is 0.0908. The fourth-order valence-corrected chi connectivity index (χ4v) is 3.02. The largest absolute Gasteiger partial charge is 0.486 e. The maximum atomic E-state index is 11.6. The van der Waals surface area contributed by atoms with Crippen molar-refractivity contribution in [1.82, 2.24) is 9.88 Å². The molecule has 0 bridgehead atoms. The van der Waals surface area contributed by atoms with E-state index in [1.165, 1.54) is 5.56 Å². The zero-order valence-electron chi connectivity index (χ0n) is 14.3. The number of aromatic nitrogens is 1. The minimum absolute atomic E-state index is 0.0908. The van der Waals surface area contributed by atoms with Crippen molar-refractivity contribution in [3.05, 3.63) is 45.4 Å². The van der Waals surface area contributed by atoms with Gasteiger partial charge in [-0.25, -0.2) is 4.98 Å². The van der Waals surface area contributed by atoms with Crippen LogP contribution in [0.5, 0.6) is 5.75 Å². The summed E-state index contributed by atoms with van der Waals surface area (Å²) in [5.74, 6) is 0.992. The third-order valence-corrected chi connectivity index (χ3v) is 4.67. The second-order valence-corrected chi connectivity index (χ2v) is 6.60. The van der Waals surface area contributed by atoms with Crippen molar-refractivity contribution in [2.75, 3.05) is 6.54 Å². The van der Waals surface area contributed by atoms with Crippen LogP contribution < -0.4 is 4.74 Å². The molecule has 0 atom stereocenters. The van der Waals surface area contributed by atoms with Crippen molar-refractivity contribution in [2.45, 2.75) is 47.3 Å². The lowest BCUT2D eigenvalue weighted by molar-refractivity contribution is -0.129. The number of ether oxygens (including phenoxy) is 1. The van der Waals surface area contributed by atoms with E-state index in [0.717, 1.165) is 35.0 Å². The second kappa shape index (κ2) is 8.11. The Bertz CT molecular complexity index is 667. The van der Waals surface area contributed by atoms with Crippen LogP contribution in [0.4, 0.5) is 0 Å². The number of amides is 1. The number of nitrogens with zero attached hydrogens (tertiary/aromatic N) is 2. The fraction of sp³-hybridized carbons (Fsp3) is 0.444. The molecule has 4 nitrogen and oxygen atoms in total. The smallest absolute Gasteiger partial charge is 0.219 e. The van der Waals surface area contributed by atoms with E-state index >= 15 is 0 Å². The Kier molecular flexibility index (Phi) is 6.16. The number of hydrogen-bond acceptors (Lipinski definition) is 4. The molecule has 0 saturated heterocycles. The molecule has 1 heterocycles. The summed E-state index contributed by atoms with van der Waals surface area (Å²) < 4.78 is 5.88. The summed E-state index contributed by atoms with van der Waals surface area (Å²) in [6, 6.07) is 6.06. The van der Waals surface area contributed by atoms with Gasteiger partial charge in [-0.3, -0.25) is 4.79 Å². The molecule has 1 amide bonds. The highest BCUT2D eigenvalue weighted by atomic mass is 32.1. The topological polar surface area (TPSA) is 42.4 Å². The molecule has 0 aliphatic carbocycles. The summed E-state index contributed by atoms with van der Waals surface area (Å²) in [4.78, 5) is 18.0. The molecule has 23 heavy (non-hydrogen) atoms. The van der Waals surface area contributed by atoms with E-state index < -0.39 is 0 Å². The van der Waals surface area contributed by atoms with Crippen molar-refractivity contribution in [2.24, 2.45) is 0 Å². The van der Waals surface area contributed by atoms with Crippen molar-refractivity contribution in [3.63, 3.8) is 0 Å². The first-order valence-electron chi connectivity index (χ1n) is 7.89. The summed E-state index contributed by atoms with van der Waals surface area (Å²) in [6.45, 7) is 9.61. The second-order valence-electron chi connectivity index (χ2n) is 5.66. The summed E-state index contributed by atoms with van der Waals surface area (Å²) in [5, 5.41) is 2.94. The number of carbonyl (C=O) groups is 1. The first kappa shape index (κ1) is 17.5. The normalized spacial score (nSPS) is 10.6. The van der Waals surface area contributed by atoms with Crippen LogP contribution in [0.3, 0.4) is 0 Å². The predicted octanol–water partition coefficient (Wildman–Crippen LogP) is 4.10. The van der Waals surface area contributed by atoms with E-state index in [0.29, 0.717) is 13.2 Å². The molecule has 1 aromatic carbocycles. The van der Waals surface area contributed by atoms with Crippen LogP contribution in [0.15, 0.2) is 23.6 Å². The van der Waals surface area contributed by atoms with Crippen molar-refractivity contribution in [3.8, 4) is 5.75 Å². The van der Waals surface area contributed by atoms with Gasteiger partial charge in [0.15, 0.2) is 0 Å². The zero-order valence-corrected chi connectivity index (χ0v) is 15.1. The summed E-state index contributed by atoms with van der Waals surface area (Å²) in [6.07, 6.45) is 0.951. The lowest BCUT2D eigenvalue weighted by Crippen LogP contribution is -2.29. The maximum absolute atomic E-state index is 11.6. The van der Waals surface area contributed by atoms with E-state index in [2.05, 4.69) is 31.8 Å². The molecule has 0 N–H and O–H groups in total. The van der Waals surface area contributed by atoms with Gasteiger partial charge in [-0.2, -0.15) is 0 Å². The molecule has 1 aromatic heterocycles. The Morgan fingerprint density at radius 1 is 1.35 bits per heavy atom. The molecule has 0 radical (unpaired) electrons. The SMILES string of the molecule is CCCN(Cc1csc(COc2cccc(C)c2C)n1)C(C)=O. The van der Waals surface area contributed by atoms with Gasteiger partial charge >= 0.3 is 0 Å². The van der Waals surface area contributed by atoms with Crippen LogP contribution in [0.2, 0.25) is 0 Å². The van der Waals surface area contributed by atoms with E-state index in [4.69, 9.17) is 4.74 Å². The molecule has 0 aliphatic heterocycles. The van der Waals surface area contributed by atoms with Gasteiger partial charge in [0.1, 0.15) is 17.4 Å². The van der Waals surface area contributed by atoms with Gasteiger partial charge in [-0.15, -0.1) is 11.3 Å². The van der Waals surface area contributed by atoms with Crippen LogP contribution in [0, 0.1) is 13.8 Å². The average Bonchev–Trinajstić information content (AvgIpc) is 2.96. The third-order valence-electron chi connectivity index (χ3n) is 3.80. The van der Waals surface area contributed by atoms with Gasteiger partial charge in [0.05, 0.1) is 12.2 Å². The number of carbonyl (C=O) groups excluding carboxylic acids is 1. The zero-order chi connectivity index (χ0) is 16.8. The van der Waals surface area contributed by atoms with E-state index in [1.807, 2.05) is 22.4 Å². The molecule has 5 heteroatoms. The van der Waals surface area contributed by atoms with Gasteiger partial charge in [-0.1, -0.05) is 19.1 Å². The average molecular weight is 332 g/mol. The van der Waals surface area contributed by atoms with Crippen LogP contribution >= 0.6 is 11.3 Å². The first-order valence-corrected chi connectivity index (χ1v) is 8.77. The number of aryl methyl sites for hydroxylation is 1. The molecule has 0 aliphatic rings. The molecular formula is C18H24N2O2S. The Hall–Kier alpha value is -1.88. The Morgan fingerprint density at radius 2 is 2.13 bits per heavy atom. The number of benzene rings is 1. The molecule has 0 spiro atoms. The quantitative estimate of drug-likeness (QED) is 0.766. The molecular weight excluding hydrogens is 308 g/mol. The fourth-order valence-electron chi connectivity index (χ4n) is 2.32. The molecule has 124 valence electrons. The summed E-state index contributed by atoms with van der Waals surface area (Å²) >= 11 is 1.58. The van der Waals surface area contributed by atoms with Gasteiger partial charge in [0.25, 0.3) is 0 Å². The minimum Gasteiger partial charge on any atom is -0.486 e. The highest BCUT2D eigenvalue weighted by molar-refractivity contribution is 7.09. The molecule has 0 fully saturated rings. The summed E-state index contributed by atoms with van der Waals surface area (Å²) in [5.41, 5.74) is 3.31. The predicted molar refractivity (Wildman–Crippen MR) is 93.7 cm³/mol. The lowest BCUT2D eigenvalue weighted by Gasteiger charge is -2.18. The maximum Gasteiger partial charge on any atom is 0.219 e. The van der Waals surface area contributed by atoms with E-state index in [-0.39, 0.29) is 5.91 Å². The van der Waals surface area contributed by atoms with E-state index in [1.54, 1.807) is 18.3 Å². The highest BCUT2D eigenvalue weighted by Gasteiger charge is 2.11. The van der Waals surface area contributed by atoms with Gasteiger partial charge < -0.3 is 9.64 Å². The van der Waals surface area contributed by atoms with Gasteiger partial charge in [0.2, 0.25) is 5.91 Å². The lowest BCUT2D eigenvalue weighted by atomic mass is 10.1. The van der Waals surface area contributed by atoms with E-state index in [9.17, 15) is 4.79 Å². The van der Waals surface area contributed by atoms with Gasteiger partial charge in [-0.05, 0) is 37.5 Å². The molecule has 0 saturated carbocycles. The highest BCUT2D eigenvalue weighted by Crippen LogP contribution is 2.22. The Labute approximate surface area is 142 Å². The van der Waals surface area contributed by atoms with Crippen LogP contribution in [0.25, 0.3) is 0 Å². The third kappa shape index (κ3) is 4.79. The monoisotopic (exact) mass is 332 g/mol. The molecule has 2 aromatic rings. The molecule has 0 unspecified atom stereocenters. The number of rotatable bonds is 7. The Morgan fingerprint density at radius 3 is 2.83 bits per heavy atom. The van der Waals surface area contributed by atoms with Crippen molar-refractivity contribution in [1.29, 1.82) is 0 Å². The number of hydrogen-bond donors (Lipinski definition) is 0. The van der Waals surface area contributed by atoms with Crippen molar-refractivity contribution >= 4 is 17.2 Å². The first-order chi connectivity index (χ1) is 11.0. The standard InChI is InChI=1S/C18H24N2O2S/c1-5-9-20(15(4)21)10-16-12-23-18(19-16)11-22-17-8-6-7-13(2)14(17)3/h6-8,12H,5,9-11H2,1-4H3. The molecule has 2 rings (SSSR count). The van der Waals surface area contributed by atoms with Crippen molar-refractivity contribution < 1.29 is 9.53 Å². The number of thiazole rings is 1. The van der Waals surface area contributed by atoms with Crippen LogP contribution in [-0.4, -0.2) is 22.3 Å².